The van der Waals surface area contributed by atoms with E-state index < -0.39 is 0 Å². The van der Waals surface area contributed by atoms with Gasteiger partial charge in [0.05, 0.1) is 0 Å². The summed E-state index contributed by atoms with van der Waals surface area (Å²) in [5.74, 6) is 0. The zero-order valence-corrected chi connectivity index (χ0v) is 10.9. The fraction of sp³-hybridized carbons (Fsp3) is 0.417. The lowest BCUT2D eigenvalue weighted by molar-refractivity contribution is 0.800. The molecule has 1 aromatic rings. The molecule has 0 unspecified atom stereocenters. The molecule has 15 heavy (non-hydrogen) atoms. The Morgan fingerprint density at radius 1 is 1.33 bits per heavy atom. The van der Waals surface area contributed by atoms with Crippen LogP contribution in [-0.4, -0.2) is 17.1 Å². The first-order valence-electron chi connectivity index (χ1n) is 5.20. The van der Waals surface area contributed by atoms with Gasteiger partial charge in [0, 0.05) is 12.2 Å². The zero-order valence-electron chi connectivity index (χ0n) is 9.27. The molecule has 0 atom stereocenters. The topological polar surface area (TPSA) is 3.24 Å². The van der Waals surface area contributed by atoms with Crippen molar-refractivity contribution in [3.05, 3.63) is 30.3 Å². The number of unbranched alkanes of at least 4 members (excludes halogenated alkanes) is 1. The number of hydrogen-bond acceptors (Lipinski definition) is 2. The Kier molecular flexibility index (Phi) is 5.73. The molecule has 0 fully saturated rings. The Morgan fingerprint density at radius 2 is 2.00 bits per heavy atom. The SMILES string of the molecule is CCCCN(C(=S)SC)c1ccccc1. The summed E-state index contributed by atoms with van der Waals surface area (Å²) in [7, 11) is 0. The van der Waals surface area contributed by atoms with Gasteiger partial charge in [-0.2, -0.15) is 0 Å². The van der Waals surface area contributed by atoms with Crippen LogP contribution in [0.2, 0.25) is 0 Å². The first-order chi connectivity index (χ1) is 7.29. The molecule has 1 nitrogen and oxygen atoms in total. The summed E-state index contributed by atoms with van der Waals surface area (Å²) in [6, 6.07) is 10.4. The van der Waals surface area contributed by atoms with E-state index in [0.717, 1.165) is 10.9 Å². The minimum absolute atomic E-state index is 0.953. The van der Waals surface area contributed by atoms with Crippen molar-refractivity contribution in [3.63, 3.8) is 0 Å². The molecule has 0 bridgehead atoms. The summed E-state index contributed by atoms with van der Waals surface area (Å²) in [6.07, 6.45) is 4.40. The lowest BCUT2D eigenvalue weighted by atomic mass is 10.2. The maximum atomic E-state index is 5.36. The summed E-state index contributed by atoms with van der Waals surface area (Å²) >= 11 is 7.00. The molecule has 0 aromatic heterocycles. The lowest BCUT2D eigenvalue weighted by Crippen LogP contribution is -2.27. The summed E-state index contributed by atoms with van der Waals surface area (Å²) in [4.78, 5) is 2.21. The van der Waals surface area contributed by atoms with Gasteiger partial charge in [0.15, 0.2) is 0 Å². The van der Waals surface area contributed by atoms with E-state index in [1.165, 1.54) is 18.5 Å². The van der Waals surface area contributed by atoms with Gasteiger partial charge in [0.1, 0.15) is 4.32 Å². The van der Waals surface area contributed by atoms with Crippen molar-refractivity contribution in [1.82, 2.24) is 0 Å². The normalized spacial score (nSPS) is 10.0. The number of hydrogen-bond donors (Lipinski definition) is 0. The molecule has 0 radical (unpaired) electrons. The van der Waals surface area contributed by atoms with Crippen molar-refractivity contribution in [2.75, 3.05) is 17.7 Å². The van der Waals surface area contributed by atoms with E-state index >= 15 is 0 Å². The van der Waals surface area contributed by atoms with E-state index in [-0.39, 0.29) is 0 Å². The van der Waals surface area contributed by atoms with Crippen LogP contribution in [-0.2, 0) is 0 Å². The van der Waals surface area contributed by atoms with E-state index in [4.69, 9.17) is 12.2 Å². The van der Waals surface area contributed by atoms with Gasteiger partial charge < -0.3 is 4.90 Å². The summed E-state index contributed by atoms with van der Waals surface area (Å²) in [6.45, 7) is 3.21. The monoisotopic (exact) mass is 239 g/mol. The molecule has 1 rings (SSSR count). The molecule has 3 heteroatoms. The van der Waals surface area contributed by atoms with Crippen LogP contribution in [0.4, 0.5) is 5.69 Å². The molecular weight excluding hydrogens is 222 g/mol. The maximum Gasteiger partial charge on any atom is 0.140 e. The highest BCUT2D eigenvalue weighted by molar-refractivity contribution is 8.22. The number of benzene rings is 1. The van der Waals surface area contributed by atoms with Gasteiger partial charge in [0.2, 0.25) is 0 Å². The second-order valence-electron chi connectivity index (χ2n) is 3.31. The Hall–Kier alpha value is -0.540. The van der Waals surface area contributed by atoms with Gasteiger partial charge in [-0.25, -0.2) is 0 Å². The molecule has 82 valence electrons. The van der Waals surface area contributed by atoms with Gasteiger partial charge in [-0.1, -0.05) is 43.8 Å². The van der Waals surface area contributed by atoms with Crippen LogP contribution in [0.15, 0.2) is 30.3 Å². The van der Waals surface area contributed by atoms with Crippen LogP contribution < -0.4 is 4.90 Å². The summed E-state index contributed by atoms with van der Waals surface area (Å²) in [5.41, 5.74) is 1.20. The van der Waals surface area contributed by atoms with E-state index in [1.807, 2.05) is 12.3 Å². The standard InChI is InChI=1S/C12H17NS2/c1-3-4-10-13(12(14)15-2)11-8-6-5-7-9-11/h5-9H,3-4,10H2,1-2H3. The molecule has 0 saturated heterocycles. The second-order valence-corrected chi connectivity index (χ2v) is 4.75. The number of thiocarbonyl (C=S) groups is 1. The van der Waals surface area contributed by atoms with Crippen molar-refractivity contribution in [2.24, 2.45) is 0 Å². The van der Waals surface area contributed by atoms with Crippen molar-refractivity contribution in [1.29, 1.82) is 0 Å². The number of rotatable bonds is 4. The van der Waals surface area contributed by atoms with Crippen LogP contribution in [0.5, 0.6) is 0 Å². The van der Waals surface area contributed by atoms with Crippen LogP contribution >= 0.6 is 24.0 Å². The van der Waals surface area contributed by atoms with Crippen LogP contribution in [0.25, 0.3) is 0 Å². The smallest absolute Gasteiger partial charge is 0.140 e. The first-order valence-corrected chi connectivity index (χ1v) is 6.83. The highest BCUT2D eigenvalue weighted by Gasteiger charge is 2.09. The molecule has 0 aliphatic carbocycles. The highest BCUT2D eigenvalue weighted by atomic mass is 32.2. The van der Waals surface area contributed by atoms with Crippen molar-refractivity contribution >= 4 is 34.0 Å². The Bertz CT molecular complexity index is 298. The first kappa shape index (κ1) is 12.5. The summed E-state index contributed by atoms with van der Waals surface area (Å²) in [5, 5.41) is 0. The molecule has 0 amide bonds. The predicted octanol–water partition coefficient (Wildman–Crippen LogP) is 3.94. The molecule has 0 heterocycles. The molecule has 0 spiro atoms. The van der Waals surface area contributed by atoms with E-state index in [9.17, 15) is 0 Å². The van der Waals surface area contributed by atoms with E-state index in [2.05, 4.69) is 36.1 Å². The lowest BCUT2D eigenvalue weighted by Gasteiger charge is -2.23. The van der Waals surface area contributed by atoms with Gasteiger partial charge >= 0.3 is 0 Å². The number of nitrogens with zero attached hydrogens (tertiary/aromatic N) is 1. The predicted molar refractivity (Wildman–Crippen MR) is 74.8 cm³/mol. The Morgan fingerprint density at radius 3 is 2.53 bits per heavy atom. The van der Waals surface area contributed by atoms with Gasteiger partial charge in [0.25, 0.3) is 0 Å². The molecule has 0 saturated carbocycles. The van der Waals surface area contributed by atoms with Crippen molar-refractivity contribution < 1.29 is 0 Å². The number of thioether (sulfide) groups is 1. The fourth-order valence-corrected chi connectivity index (χ4v) is 1.97. The van der Waals surface area contributed by atoms with E-state index in [0.29, 0.717) is 0 Å². The molecule has 0 N–H and O–H groups in total. The summed E-state index contributed by atoms with van der Waals surface area (Å²) < 4.78 is 0.953. The highest BCUT2D eigenvalue weighted by Crippen LogP contribution is 2.18. The average molecular weight is 239 g/mol. The van der Waals surface area contributed by atoms with Gasteiger partial charge in [-0.05, 0) is 24.8 Å². The van der Waals surface area contributed by atoms with E-state index in [1.54, 1.807) is 11.8 Å². The maximum absolute atomic E-state index is 5.36. The van der Waals surface area contributed by atoms with Crippen LogP contribution in [0.1, 0.15) is 19.8 Å². The second kappa shape index (κ2) is 6.85. The number of para-hydroxylation sites is 1. The third-order valence-electron chi connectivity index (χ3n) is 2.20. The van der Waals surface area contributed by atoms with Crippen molar-refractivity contribution in [2.45, 2.75) is 19.8 Å². The van der Waals surface area contributed by atoms with Crippen LogP contribution in [0.3, 0.4) is 0 Å². The zero-order chi connectivity index (χ0) is 11.1. The molecule has 0 aliphatic rings. The Balaban J connectivity index is 2.76. The largest absolute Gasteiger partial charge is 0.327 e. The third kappa shape index (κ3) is 3.84. The third-order valence-corrected chi connectivity index (χ3v) is 3.49. The fourth-order valence-electron chi connectivity index (χ4n) is 1.36. The van der Waals surface area contributed by atoms with Crippen LogP contribution in [0, 0.1) is 0 Å². The number of anilines is 1. The molecule has 0 aliphatic heterocycles. The molecule has 1 aromatic carbocycles. The van der Waals surface area contributed by atoms with Gasteiger partial charge in [-0.15, -0.1) is 11.8 Å². The van der Waals surface area contributed by atoms with Crippen molar-refractivity contribution in [3.8, 4) is 0 Å². The van der Waals surface area contributed by atoms with Gasteiger partial charge in [-0.3, -0.25) is 0 Å². The molecular formula is C12H17NS2. The minimum atomic E-state index is 0.953. The quantitative estimate of drug-likeness (QED) is 0.733. The minimum Gasteiger partial charge on any atom is -0.327 e. The Labute approximate surface area is 102 Å². The average Bonchev–Trinajstić information content (AvgIpc) is 2.30.